The second kappa shape index (κ2) is 6.17. The van der Waals surface area contributed by atoms with Crippen LogP contribution in [0.4, 0.5) is 5.69 Å². The van der Waals surface area contributed by atoms with Crippen molar-refractivity contribution in [2.24, 2.45) is 0 Å². The molecule has 0 spiro atoms. The van der Waals surface area contributed by atoms with Crippen molar-refractivity contribution < 1.29 is 9.59 Å². The average Bonchev–Trinajstić information content (AvgIpc) is 3.13. The summed E-state index contributed by atoms with van der Waals surface area (Å²) in [5, 5.41) is 1.94. The minimum Gasteiger partial charge on any atom is -0.339 e. The predicted molar refractivity (Wildman–Crippen MR) is 101 cm³/mol. The molecule has 1 aliphatic rings. The quantitative estimate of drug-likeness (QED) is 0.691. The highest BCUT2D eigenvalue weighted by molar-refractivity contribution is 7.16. The van der Waals surface area contributed by atoms with E-state index in [1.54, 1.807) is 16.8 Å². The Morgan fingerprint density at radius 2 is 1.92 bits per heavy atom. The first-order valence-corrected chi connectivity index (χ1v) is 9.06. The van der Waals surface area contributed by atoms with Gasteiger partial charge in [-0.1, -0.05) is 35.9 Å². The minimum atomic E-state index is -0.118. The number of rotatable bonds is 4. The zero-order valence-corrected chi connectivity index (χ0v) is 15.1. The van der Waals surface area contributed by atoms with Crippen LogP contribution in [0.1, 0.15) is 15.2 Å². The van der Waals surface area contributed by atoms with E-state index in [9.17, 15) is 9.59 Å². The van der Waals surface area contributed by atoms with E-state index in [1.165, 1.54) is 11.3 Å². The summed E-state index contributed by atoms with van der Waals surface area (Å²) in [6, 6.07) is 15.2. The van der Waals surface area contributed by atoms with E-state index in [-0.39, 0.29) is 18.4 Å². The molecule has 1 aliphatic heterocycles. The molecule has 0 radical (unpaired) electrons. The third-order valence-corrected chi connectivity index (χ3v) is 5.61. The van der Waals surface area contributed by atoms with Crippen molar-refractivity contribution in [1.82, 2.24) is 4.90 Å². The molecule has 4 rings (SSSR count). The molecule has 1 aromatic heterocycles. The fourth-order valence-electron chi connectivity index (χ4n) is 3.15. The number of carbonyl (C=O) groups is 2. The molecule has 0 aliphatic carbocycles. The van der Waals surface area contributed by atoms with Crippen LogP contribution >= 0.6 is 22.9 Å². The Balaban J connectivity index is 1.56. The molecule has 2 amide bonds. The third-order valence-electron chi connectivity index (χ3n) is 4.39. The maximum absolute atomic E-state index is 12.7. The maximum Gasteiger partial charge on any atom is 0.259 e. The monoisotopic (exact) mass is 370 g/mol. The van der Waals surface area contributed by atoms with E-state index in [1.807, 2.05) is 48.5 Å². The first kappa shape index (κ1) is 16.1. The zero-order valence-electron chi connectivity index (χ0n) is 13.5. The molecule has 4 nitrogen and oxygen atoms in total. The molecule has 0 N–H and O–H groups in total. The van der Waals surface area contributed by atoms with Gasteiger partial charge in [0, 0.05) is 22.9 Å². The third kappa shape index (κ3) is 2.79. The molecule has 0 bridgehead atoms. The highest BCUT2D eigenvalue weighted by Crippen LogP contribution is 2.37. The van der Waals surface area contributed by atoms with Crippen molar-refractivity contribution >= 4 is 51.2 Å². The molecule has 2 heterocycles. The van der Waals surface area contributed by atoms with Gasteiger partial charge in [-0.3, -0.25) is 14.5 Å². The Kier molecular flexibility index (Phi) is 3.98. The fourth-order valence-corrected chi connectivity index (χ4v) is 4.29. The van der Waals surface area contributed by atoms with Gasteiger partial charge in [0.15, 0.2) is 0 Å². The number of amides is 2. The summed E-state index contributed by atoms with van der Waals surface area (Å²) in [5.74, 6) is -0.226. The molecule has 126 valence electrons. The molecule has 0 saturated carbocycles. The van der Waals surface area contributed by atoms with Crippen molar-refractivity contribution in [3.8, 4) is 0 Å². The van der Waals surface area contributed by atoms with E-state index in [0.717, 1.165) is 21.3 Å². The predicted octanol–water partition coefficient (Wildman–Crippen LogP) is 4.17. The molecule has 0 fully saturated rings. The zero-order chi connectivity index (χ0) is 17.6. The number of hydrogen-bond donors (Lipinski definition) is 0. The lowest BCUT2D eigenvalue weighted by molar-refractivity contribution is -0.128. The van der Waals surface area contributed by atoms with Crippen LogP contribution in [-0.4, -0.2) is 30.3 Å². The van der Waals surface area contributed by atoms with E-state index >= 15 is 0 Å². The van der Waals surface area contributed by atoms with Crippen LogP contribution in [0.25, 0.3) is 10.8 Å². The van der Waals surface area contributed by atoms with E-state index in [4.69, 9.17) is 11.6 Å². The maximum atomic E-state index is 12.7. The van der Waals surface area contributed by atoms with Gasteiger partial charge < -0.3 is 4.90 Å². The van der Waals surface area contributed by atoms with Crippen LogP contribution in [0.15, 0.2) is 48.5 Å². The number of nitrogens with zero attached hydrogens (tertiary/aromatic N) is 2. The van der Waals surface area contributed by atoms with Gasteiger partial charge in [0.1, 0.15) is 6.54 Å². The van der Waals surface area contributed by atoms with Crippen LogP contribution in [0.3, 0.4) is 0 Å². The van der Waals surface area contributed by atoms with Crippen molar-refractivity contribution in [3.63, 3.8) is 0 Å². The van der Waals surface area contributed by atoms with Crippen LogP contribution in [0.2, 0.25) is 4.34 Å². The van der Waals surface area contributed by atoms with Gasteiger partial charge in [0.2, 0.25) is 5.91 Å². The van der Waals surface area contributed by atoms with Crippen molar-refractivity contribution in [2.75, 3.05) is 18.5 Å². The molecule has 0 unspecified atom stereocenters. The van der Waals surface area contributed by atoms with Gasteiger partial charge in [0.25, 0.3) is 5.91 Å². The Morgan fingerprint density at radius 1 is 1.16 bits per heavy atom. The first-order chi connectivity index (χ1) is 12.0. The summed E-state index contributed by atoms with van der Waals surface area (Å²) in [6.45, 7) is 0.512. The van der Waals surface area contributed by atoms with E-state index in [0.29, 0.717) is 16.4 Å². The van der Waals surface area contributed by atoms with E-state index in [2.05, 4.69) is 0 Å². The molecule has 2 aromatic carbocycles. The van der Waals surface area contributed by atoms with Crippen LogP contribution in [0.5, 0.6) is 0 Å². The average molecular weight is 371 g/mol. The topological polar surface area (TPSA) is 40.6 Å². The van der Waals surface area contributed by atoms with Gasteiger partial charge in [-0.05, 0) is 29.7 Å². The molecule has 0 saturated heterocycles. The standard InChI is InChI=1S/C19H15ClN2O2S/c1-21(10-13-8-9-16(20)25-13)17(23)11-22-15-7-3-5-12-4-2-6-14(18(12)15)19(22)24/h2-9H,10-11H2,1H3. The number of thiophene rings is 1. The van der Waals surface area contributed by atoms with Crippen molar-refractivity contribution in [3.05, 3.63) is 63.3 Å². The number of anilines is 1. The van der Waals surface area contributed by atoms with Crippen molar-refractivity contribution in [2.45, 2.75) is 6.54 Å². The number of likely N-dealkylation sites (N-methyl/N-ethyl adjacent to an activating group) is 1. The first-order valence-electron chi connectivity index (χ1n) is 7.86. The van der Waals surface area contributed by atoms with E-state index < -0.39 is 0 Å². The lowest BCUT2D eigenvalue weighted by Gasteiger charge is -2.22. The summed E-state index contributed by atoms with van der Waals surface area (Å²) in [5.41, 5.74) is 1.47. The lowest BCUT2D eigenvalue weighted by atomic mass is 10.1. The molecule has 25 heavy (non-hydrogen) atoms. The lowest BCUT2D eigenvalue weighted by Crippen LogP contribution is -2.39. The SMILES string of the molecule is CN(Cc1ccc(Cl)s1)C(=O)CN1C(=O)c2cccc3cccc1c23. The Hall–Kier alpha value is -2.37. The number of halogens is 1. The van der Waals surface area contributed by atoms with Crippen LogP contribution in [-0.2, 0) is 11.3 Å². The summed E-state index contributed by atoms with van der Waals surface area (Å²) < 4.78 is 0.702. The highest BCUT2D eigenvalue weighted by Gasteiger charge is 2.31. The summed E-state index contributed by atoms with van der Waals surface area (Å²) in [4.78, 5) is 29.6. The fraction of sp³-hybridized carbons (Fsp3) is 0.158. The molecular weight excluding hydrogens is 356 g/mol. The van der Waals surface area contributed by atoms with Crippen LogP contribution in [0, 0.1) is 0 Å². The van der Waals surface area contributed by atoms with Crippen LogP contribution < -0.4 is 4.90 Å². The smallest absolute Gasteiger partial charge is 0.259 e. The minimum absolute atomic E-state index is 0.0300. The Labute approximate surface area is 154 Å². The molecule has 3 aromatic rings. The second-order valence-corrected chi connectivity index (χ2v) is 7.83. The van der Waals surface area contributed by atoms with Gasteiger partial charge in [-0.15, -0.1) is 11.3 Å². The number of carbonyl (C=O) groups excluding carboxylic acids is 2. The van der Waals surface area contributed by atoms with Gasteiger partial charge in [0.05, 0.1) is 16.6 Å². The summed E-state index contributed by atoms with van der Waals surface area (Å²) in [7, 11) is 1.74. The summed E-state index contributed by atoms with van der Waals surface area (Å²) in [6.07, 6.45) is 0. The second-order valence-electron chi connectivity index (χ2n) is 6.03. The largest absolute Gasteiger partial charge is 0.339 e. The molecule has 0 atom stereocenters. The summed E-state index contributed by atoms with van der Waals surface area (Å²) >= 11 is 7.39. The van der Waals surface area contributed by atoms with Gasteiger partial charge >= 0.3 is 0 Å². The van der Waals surface area contributed by atoms with Gasteiger partial charge in [-0.25, -0.2) is 0 Å². The number of benzene rings is 2. The normalized spacial score (nSPS) is 12.9. The van der Waals surface area contributed by atoms with Crippen molar-refractivity contribution in [1.29, 1.82) is 0 Å². The Bertz CT molecular complexity index is 993. The highest BCUT2D eigenvalue weighted by atomic mass is 35.5. The number of hydrogen-bond acceptors (Lipinski definition) is 3. The van der Waals surface area contributed by atoms with Gasteiger partial charge in [-0.2, -0.15) is 0 Å². The Morgan fingerprint density at radius 3 is 2.64 bits per heavy atom. The molecule has 6 heteroatoms. The molecular formula is C19H15ClN2O2S.